The summed E-state index contributed by atoms with van der Waals surface area (Å²) in [7, 11) is 0. The van der Waals surface area contributed by atoms with E-state index in [4.69, 9.17) is 14.2 Å². The molecule has 184 valence electrons. The van der Waals surface area contributed by atoms with Crippen molar-refractivity contribution < 1.29 is 28.5 Å². The number of carbonyl (C=O) groups excluding carboxylic acids is 1. The van der Waals surface area contributed by atoms with Crippen LogP contribution in [0.5, 0.6) is 17.2 Å². The van der Waals surface area contributed by atoms with Crippen molar-refractivity contribution in [2.45, 2.75) is 64.3 Å². The molecule has 0 unspecified atom stereocenters. The number of ether oxygens (including phenoxy) is 3. The predicted molar refractivity (Wildman–Crippen MR) is 127 cm³/mol. The highest BCUT2D eigenvalue weighted by Crippen LogP contribution is 2.41. The fraction of sp³-hybridized carbons (Fsp3) is 0.519. The lowest BCUT2D eigenvalue weighted by atomic mass is 9.81. The molecule has 1 N–H and O–H groups in total. The van der Waals surface area contributed by atoms with E-state index < -0.39 is 11.7 Å². The first-order valence-corrected chi connectivity index (χ1v) is 11.9. The zero-order chi connectivity index (χ0) is 24.5. The van der Waals surface area contributed by atoms with Gasteiger partial charge in [0.25, 0.3) is 5.91 Å². The van der Waals surface area contributed by atoms with Crippen molar-refractivity contribution >= 4 is 5.91 Å². The number of amides is 1. The minimum absolute atomic E-state index is 0.133. The second-order valence-electron chi connectivity index (χ2n) is 10.4. The Morgan fingerprint density at radius 1 is 1.24 bits per heavy atom. The fourth-order valence-electron chi connectivity index (χ4n) is 4.87. The first-order valence-electron chi connectivity index (χ1n) is 11.9. The molecule has 2 aromatic carbocycles. The molecule has 7 heteroatoms. The van der Waals surface area contributed by atoms with E-state index in [0.717, 1.165) is 12.0 Å². The summed E-state index contributed by atoms with van der Waals surface area (Å²) in [6, 6.07) is 11.4. The average Bonchev–Trinajstić information content (AvgIpc) is 3.09. The van der Waals surface area contributed by atoms with Crippen LogP contribution < -0.4 is 14.2 Å². The maximum absolute atomic E-state index is 13.3. The number of para-hydroxylation sites is 1. The van der Waals surface area contributed by atoms with Gasteiger partial charge in [0, 0.05) is 18.5 Å². The smallest absolute Gasteiger partial charge is 0.260 e. The van der Waals surface area contributed by atoms with E-state index in [0.29, 0.717) is 36.6 Å². The Kier molecular flexibility index (Phi) is 6.76. The molecule has 0 bridgehead atoms. The second kappa shape index (κ2) is 9.45. The maximum Gasteiger partial charge on any atom is 0.260 e. The van der Waals surface area contributed by atoms with Crippen LogP contribution in [0, 0.1) is 11.7 Å². The molecule has 2 aliphatic rings. The van der Waals surface area contributed by atoms with Crippen LogP contribution in [0.1, 0.15) is 46.1 Å². The van der Waals surface area contributed by atoms with Crippen molar-refractivity contribution in [1.82, 2.24) is 4.90 Å². The van der Waals surface area contributed by atoms with Crippen LogP contribution in [0.2, 0.25) is 0 Å². The summed E-state index contributed by atoms with van der Waals surface area (Å²) in [5.74, 6) is 1.42. The van der Waals surface area contributed by atoms with Gasteiger partial charge in [-0.3, -0.25) is 4.79 Å². The van der Waals surface area contributed by atoms with E-state index in [1.165, 1.54) is 24.3 Å². The van der Waals surface area contributed by atoms with Crippen molar-refractivity contribution in [3.8, 4) is 17.2 Å². The molecular formula is C27H34FNO5. The Labute approximate surface area is 200 Å². The normalized spacial score (nSPS) is 23.4. The molecule has 0 aromatic heterocycles. The van der Waals surface area contributed by atoms with Crippen LogP contribution >= 0.6 is 0 Å². The highest BCUT2D eigenvalue weighted by atomic mass is 19.1. The third-order valence-corrected chi connectivity index (χ3v) is 6.41. The molecule has 1 fully saturated rings. The third kappa shape index (κ3) is 5.46. The summed E-state index contributed by atoms with van der Waals surface area (Å²) in [5, 5.41) is 11.4. The Morgan fingerprint density at radius 2 is 1.97 bits per heavy atom. The van der Waals surface area contributed by atoms with E-state index in [9.17, 15) is 14.3 Å². The lowest BCUT2D eigenvalue weighted by Gasteiger charge is -2.45. The molecule has 2 aliphatic heterocycles. The molecule has 0 aliphatic carbocycles. The monoisotopic (exact) mass is 471 g/mol. The van der Waals surface area contributed by atoms with Crippen molar-refractivity contribution in [3.05, 3.63) is 53.8 Å². The van der Waals surface area contributed by atoms with Gasteiger partial charge in [-0.05, 0) is 62.9 Å². The summed E-state index contributed by atoms with van der Waals surface area (Å²) in [6.45, 7) is 8.63. The zero-order valence-electron chi connectivity index (χ0n) is 20.3. The summed E-state index contributed by atoms with van der Waals surface area (Å²) in [4.78, 5) is 14.7. The second-order valence-corrected chi connectivity index (χ2v) is 10.4. The highest BCUT2D eigenvalue weighted by molar-refractivity contribution is 5.78. The largest absolute Gasteiger partial charge is 0.486 e. The number of halogens is 1. The van der Waals surface area contributed by atoms with Crippen molar-refractivity contribution in [1.29, 1.82) is 0 Å². The molecule has 2 heterocycles. The predicted octanol–water partition coefficient (Wildman–Crippen LogP) is 4.38. The van der Waals surface area contributed by atoms with Crippen LogP contribution in [0.25, 0.3) is 0 Å². The lowest BCUT2D eigenvalue weighted by Crippen LogP contribution is -2.60. The van der Waals surface area contributed by atoms with Crippen molar-refractivity contribution in [2.75, 3.05) is 19.7 Å². The number of carbonyl (C=O) groups is 1. The molecule has 2 atom stereocenters. The number of likely N-dealkylation sites (tertiary alicyclic amines) is 1. The molecule has 0 saturated carbocycles. The molecule has 4 rings (SSSR count). The van der Waals surface area contributed by atoms with Gasteiger partial charge in [0.1, 0.15) is 28.9 Å². The molecule has 0 radical (unpaired) electrons. The average molecular weight is 472 g/mol. The Hall–Kier alpha value is -2.80. The van der Waals surface area contributed by atoms with Gasteiger partial charge in [-0.25, -0.2) is 4.39 Å². The molecular weight excluding hydrogens is 437 g/mol. The number of hydrogen-bond donors (Lipinski definition) is 1. The summed E-state index contributed by atoms with van der Waals surface area (Å²) in [5.41, 5.74) is -0.316. The van der Waals surface area contributed by atoms with E-state index in [1.807, 2.05) is 45.9 Å². The minimum Gasteiger partial charge on any atom is -0.486 e. The van der Waals surface area contributed by atoms with Gasteiger partial charge < -0.3 is 24.2 Å². The van der Waals surface area contributed by atoms with E-state index in [2.05, 4.69) is 0 Å². The molecule has 0 spiro atoms. The fourth-order valence-corrected chi connectivity index (χ4v) is 4.87. The van der Waals surface area contributed by atoms with Crippen LogP contribution in [0.15, 0.2) is 42.5 Å². The maximum atomic E-state index is 13.3. The molecule has 1 saturated heterocycles. The Balaban J connectivity index is 1.44. The summed E-state index contributed by atoms with van der Waals surface area (Å²) >= 11 is 0. The van der Waals surface area contributed by atoms with Crippen LogP contribution in [0.4, 0.5) is 4.39 Å². The van der Waals surface area contributed by atoms with Gasteiger partial charge in [-0.15, -0.1) is 0 Å². The Morgan fingerprint density at radius 3 is 2.68 bits per heavy atom. The lowest BCUT2D eigenvalue weighted by molar-refractivity contribution is -0.150. The topological polar surface area (TPSA) is 68.2 Å². The van der Waals surface area contributed by atoms with Crippen LogP contribution in [-0.2, 0) is 11.2 Å². The number of nitrogens with zero attached hydrogens (tertiary/aromatic N) is 1. The van der Waals surface area contributed by atoms with Gasteiger partial charge in [0.2, 0.25) is 0 Å². The van der Waals surface area contributed by atoms with Gasteiger partial charge in [-0.2, -0.15) is 0 Å². The molecule has 6 nitrogen and oxygen atoms in total. The SMILES string of the molecule is CC(C)C[C@]1(O)CCN(C(=O)COc2cccc3c2OC(C)(C)C3)C[C@@H]1Oc1ccc(F)cc1. The first-order chi connectivity index (χ1) is 16.0. The summed E-state index contributed by atoms with van der Waals surface area (Å²) < 4.78 is 31.3. The van der Waals surface area contributed by atoms with E-state index in [1.54, 1.807) is 4.90 Å². The Bertz CT molecular complexity index is 1020. The number of benzene rings is 2. The van der Waals surface area contributed by atoms with Gasteiger partial charge in [-0.1, -0.05) is 26.0 Å². The third-order valence-electron chi connectivity index (χ3n) is 6.41. The zero-order valence-corrected chi connectivity index (χ0v) is 20.3. The van der Waals surface area contributed by atoms with Gasteiger partial charge in [0.05, 0.1) is 6.54 Å². The molecule has 34 heavy (non-hydrogen) atoms. The van der Waals surface area contributed by atoms with E-state index >= 15 is 0 Å². The van der Waals surface area contributed by atoms with Gasteiger partial charge >= 0.3 is 0 Å². The number of fused-ring (bicyclic) bond motifs is 1. The standard InChI is InChI=1S/C27H34FNO5/c1-18(2)14-27(31)12-13-29(16-23(27)33-21-10-8-20(28)9-11-21)24(30)17-32-22-7-5-6-19-15-26(3,4)34-25(19)22/h5-11,18,23,31H,12-17H2,1-4H3/t23-,27+/m0/s1. The van der Waals surface area contributed by atoms with Crippen molar-refractivity contribution in [3.63, 3.8) is 0 Å². The minimum atomic E-state index is -1.08. The number of rotatable bonds is 7. The highest BCUT2D eigenvalue weighted by Gasteiger charge is 2.45. The molecule has 2 aromatic rings. The first kappa shape index (κ1) is 24.3. The number of aliphatic hydroxyl groups is 1. The van der Waals surface area contributed by atoms with Crippen molar-refractivity contribution in [2.24, 2.45) is 5.92 Å². The number of hydrogen-bond acceptors (Lipinski definition) is 5. The quantitative estimate of drug-likeness (QED) is 0.649. The van der Waals surface area contributed by atoms with Crippen LogP contribution in [0.3, 0.4) is 0 Å². The number of piperidine rings is 1. The van der Waals surface area contributed by atoms with Crippen LogP contribution in [-0.4, -0.2) is 52.9 Å². The van der Waals surface area contributed by atoms with E-state index in [-0.39, 0.29) is 36.4 Å². The van der Waals surface area contributed by atoms with Gasteiger partial charge in [0.15, 0.2) is 18.1 Å². The molecule has 1 amide bonds. The summed E-state index contributed by atoms with van der Waals surface area (Å²) in [6.07, 6.45) is 1.08.